The predicted molar refractivity (Wildman–Crippen MR) is 84.8 cm³/mol. The van der Waals surface area contributed by atoms with Crippen LogP contribution < -0.4 is 0 Å². The van der Waals surface area contributed by atoms with Crippen LogP contribution in [0.15, 0.2) is 29.5 Å². The zero-order valence-corrected chi connectivity index (χ0v) is 12.5. The minimum Gasteiger partial charge on any atom is -0.265 e. The Morgan fingerprint density at radius 3 is 2.11 bits per heavy atom. The van der Waals surface area contributed by atoms with Crippen molar-refractivity contribution in [1.29, 1.82) is 0 Å². The third kappa shape index (κ3) is 9.52. The Kier molecular flexibility index (Phi) is 10.1. The summed E-state index contributed by atoms with van der Waals surface area (Å²) < 4.78 is 0. The molecule has 0 aliphatic carbocycles. The van der Waals surface area contributed by atoms with Crippen LogP contribution in [0.5, 0.6) is 0 Å². The lowest BCUT2D eigenvalue weighted by atomic mass is 10.0. The average Bonchev–Trinajstić information content (AvgIpc) is 2.46. The van der Waals surface area contributed by atoms with Crippen LogP contribution in [-0.2, 0) is 6.42 Å². The number of thiocarbonyl (C=S) groups is 1. The number of rotatable bonds is 11. The van der Waals surface area contributed by atoms with Crippen LogP contribution in [0.1, 0.15) is 56.9 Å². The molecular formula is C16H24N2S. The van der Waals surface area contributed by atoms with Gasteiger partial charge in [-0.3, -0.25) is 4.98 Å². The van der Waals surface area contributed by atoms with E-state index >= 15 is 0 Å². The molecule has 0 bridgehead atoms. The second-order valence-corrected chi connectivity index (χ2v) is 5.09. The molecule has 1 aromatic rings. The van der Waals surface area contributed by atoms with E-state index in [0.29, 0.717) is 0 Å². The van der Waals surface area contributed by atoms with E-state index in [1.54, 1.807) is 0 Å². The molecule has 0 N–H and O–H groups in total. The van der Waals surface area contributed by atoms with E-state index in [1.807, 2.05) is 12.4 Å². The molecular weight excluding hydrogens is 252 g/mol. The zero-order valence-electron chi connectivity index (χ0n) is 11.7. The van der Waals surface area contributed by atoms with Crippen molar-refractivity contribution in [1.82, 2.24) is 4.98 Å². The summed E-state index contributed by atoms with van der Waals surface area (Å²) in [5, 5.41) is 2.41. The summed E-state index contributed by atoms with van der Waals surface area (Å²) in [5.74, 6) is 0. The molecule has 3 heteroatoms. The Bertz CT molecular complexity index is 358. The highest BCUT2D eigenvalue weighted by Crippen LogP contribution is 2.10. The van der Waals surface area contributed by atoms with Gasteiger partial charge in [0.2, 0.25) is 0 Å². The molecule has 0 saturated carbocycles. The maximum absolute atomic E-state index is 4.53. The van der Waals surface area contributed by atoms with Crippen LogP contribution in [0.25, 0.3) is 0 Å². The fourth-order valence-electron chi connectivity index (χ4n) is 2.18. The second-order valence-electron chi connectivity index (χ2n) is 4.91. The first kappa shape index (κ1) is 16.0. The monoisotopic (exact) mass is 276 g/mol. The average molecular weight is 276 g/mol. The topological polar surface area (TPSA) is 25.2 Å². The quantitative estimate of drug-likeness (QED) is 0.328. The normalized spacial score (nSPS) is 10.1. The molecule has 1 heterocycles. The van der Waals surface area contributed by atoms with Crippen molar-refractivity contribution in [2.75, 3.05) is 6.54 Å². The number of unbranched alkanes of at least 4 members (excludes halogenated alkanes) is 7. The van der Waals surface area contributed by atoms with Crippen LogP contribution in [0.4, 0.5) is 0 Å². The van der Waals surface area contributed by atoms with Crippen molar-refractivity contribution in [3.63, 3.8) is 0 Å². The second kappa shape index (κ2) is 12.0. The Labute approximate surface area is 122 Å². The summed E-state index contributed by atoms with van der Waals surface area (Å²) in [7, 11) is 0. The third-order valence-electron chi connectivity index (χ3n) is 3.30. The van der Waals surface area contributed by atoms with Crippen LogP contribution in [-0.4, -0.2) is 16.7 Å². The highest BCUT2D eigenvalue weighted by atomic mass is 32.1. The standard InChI is InChI=1S/C16H24N2S/c19-15-18-12-8-6-4-2-1-3-5-7-9-16-10-13-17-14-11-16/h10-11,13-14H,1-9,12H2. The molecule has 0 saturated heterocycles. The predicted octanol–water partition coefficient (Wildman–Crippen LogP) is 4.85. The van der Waals surface area contributed by atoms with E-state index in [4.69, 9.17) is 0 Å². The third-order valence-corrected chi connectivity index (χ3v) is 3.43. The molecule has 0 spiro atoms. The molecule has 0 unspecified atom stereocenters. The van der Waals surface area contributed by atoms with Crippen molar-refractivity contribution < 1.29 is 0 Å². The first-order chi connectivity index (χ1) is 9.43. The van der Waals surface area contributed by atoms with Gasteiger partial charge in [0, 0.05) is 18.9 Å². The first-order valence-corrected chi connectivity index (χ1v) is 7.77. The summed E-state index contributed by atoms with van der Waals surface area (Å²) in [4.78, 5) is 7.95. The van der Waals surface area contributed by atoms with Crippen LogP contribution >= 0.6 is 12.2 Å². The van der Waals surface area contributed by atoms with E-state index in [-0.39, 0.29) is 0 Å². The van der Waals surface area contributed by atoms with Gasteiger partial charge in [0.15, 0.2) is 0 Å². The Morgan fingerprint density at radius 1 is 0.895 bits per heavy atom. The van der Waals surface area contributed by atoms with Gasteiger partial charge in [-0.1, -0.05) is 38.5 Å². The highest BCUT2D eigenvalue weighted by Gasteiger charge is 1.94. The Balaban J connectivity index is 1.82. The molecule has 19 heavy (non-hydrogen) atoms. The number of pyridine rings is 1. The molecule has 0 radical (unpaired) electrons. The number of aliphatic imine (C=N–C) groups is 1. The number of nitrogens with zero attached hydrogens (tertiary/aromatic N) is 2. The van der Waals surface area contributed by atoms with Crippen LogP contribution in [0.2, 0.25) is 0 Å². The van der Waals surface area contributed by atoms with Gasteiger partial charge in [0.1, 0.15) is 0 Å². The van der Waals surface area contributed by atoms with E-state index < -0.39 is 0 Å². The number of hydrogen-bond acceptors (Lipinski definition) is 3. The lowest BCUT2D eigenvalue weighted by Crippen LogP contribution is -1.87. The summed E-state index contributed by atoms with van der Waals surface area (Å²) in [6.45, 7) is 0.857. The molecule has 2 nitrogen and oxygen atoms in total. The number of isothiocyanates is 1. The highest BCUT2D eigenvalue weighted by molar-refractivity contribution is 7.78. The minimum atomic E-state index is 0.857. The summed E-state index contributed by atoms with van der Waals surface area (Å²) in [6, 6.07) is 4.23. The molecule has 0 amide bonds. The largest absolute Gasteiger partial charge is 0.265 e. The van der Waals surface area contributed by atoms with Crippen LogP contribution in [0, 0.1) is 0 Å². The molecule has 0 aromatic carbocycles. The number of hydrogen-bond donors (Lipinski definition) is 0. The number of aromatic nitrogens is 1. The molecule has 0 aliphatic rings. The van der Waals surface area contributed by atoms with Crippen molar-refractivity contribution in [3.05, 3.63) is 30.1 Å². The van der Waals surface area contributed by atoms with Crippen molar-refractivity contribution >= 4 is 17.4 Å². The zero-order chi connectivity index (χ0) is 13.6. The Hall–Kier alpha value is -1.05. The molecule has 0 atom stereocenters. The molecule has 1 aromatic heterocycles. The smallest absolute Gasteiger partial charge is 0.0584 e. The van der Waals surface area contributed by atoms with Crippen LogP contribution in [0.3, 0.4) is 0 Å². The van der Waals surface area contributed by atoms with E-state index in [1.165, 1.54) is 56.9 Å². The van der Waals surface area contributed by atoms with Gasteiger partial charge in [-0.05, 0) is 49.2 Å². The van der Waals surface area contributed by atoms with Crippen molar-refractivity contribution in [2.45, 2.75) is 57.8 Å². The maximum atomic E-state index is 4.53. The first-order valence-electron chi connectivity index (χ1n) is 7.36. The fourth-order valence-corrected chi connectivity index (χ4v) is 2.27. The van der Waals surface area contributed by atoms with Gasteiger partial charge in [-0.2, -0.15) is 0 Å². The Morgan fingerprint density at radius 2 is 1.47 bits per heavy atom. The molecule has 104 valence electrons. The van der Waals surface area contributed by atoms with Gasteiger partial charge in [0.25, 0.3) is 0 Å². The minimum absolute atomic E-state index is 0.857. The molecule has 1 rings (SSSR count). The SMILES string of the molecule is S=C=NCCCCCCCCCCc1ccncc1. The number of aryl methyl sites for hydroxylation is 1. The lowest BCUT2D eigenvalue weighted by molar-refractivity contribution is 0.570. The van der Waals surface area contributed by atoms with E-state index in [9.17, 15) is 0 Å². The van der Waals surface area contributed by atoms with E-state index in [2.05, 4.69) is 39.5 Å². The maximum Gasteiger partial charge on any atom is 0.0584 e. The lowest BCUT2D eigenvalue weighted by Gasteiger charge is -2.02. The summed E-state index contributed by atoms with van der Waals surface area (Å²) in [5.41, 5.74) is 1.41. The van der Waals surface area contributed by atoms with Crippen molar-refractivity contribution in [3.8, 4) is 0 Å². The van der Waals surface area contributed by atoms with Gasteiger partial charge in [-0.15, -0.1) is 0 Å². The van der Waals surface area contributed by atoms with Crippen molar-refractivity contribution in [2.24, 2.45) is 4.99 Å². The summed E-state index contributed by atoms with van der Waals surface area (Å²) in [6.07, 6.45) is 15.4. The van der Waals surface area contributed by atoms with Gasteiger partial charge in [0.05, 0.1) is 5.16 Å². The molecule has 0 aliphatic heterocycles. The van der Waals surface area contributed by atoms with Gasteiger partial charge >= 0.3 is 0 Å². The fraction of sp³-hybridized carbons (Fsp3) is 0.625. The van der Waals surface area contributed by atoms with Gasteiger partial charge in [-0.25, -0.2) is 4.99 Å². The van der Waals surface area contributed by atoms with E-state index in [0.717, 1.165) is 13.0 Å². The molecule has 0 fully saturated rings. The van der Waals surface area contributed by atoms with Gasteiger partial charge < -0.3 is 0 Å². The summed E-state index contributed by atoms with van der Waals surface area (Å²) >= 11 is 4.53.